The van der Waals surface area contributed by atoms with Gasteiger partial charge in [-0.05, 0) is 35.7 Å². The van der Waals surface area contributed by atoms with Gasteiger partial charge in [0.1, 0.15) is 11.3 Å². The Morgan fingerprint density at radius 3 is 2.88 bits per heavy atom. The van der Waals surface area contributed by atoms with Crippen molar-refractivity contribution in [1.82, 2.24) is 29.7 Å². The predicted molar refractivity (Wildman–Crippen MR) is 96.9 cm³/mol. The number of aromatic nitrogens is 5. The first-order valence-corrected chi connectivity index (χ1v) is 8.70. The molecule has 8 nitrogen and oxygen atoms in total. The van der Waals surface area contributed by atoms with Crippen molar-refractivity contribution in [3.05, 3.63) is 69.7 Å². The van der Waals surface area contributed by atoms with Gasteiger partial charge in [0.2, 0.25) is 0 Å². The van der Waals surface area contributed by atoms with Crippen molar-refractivity contribution in [2.45, 2.75) is 6.54 Å². The molecule has 0 bridgehead atoms. The molecule has 4 heterocycles. The third-order valence-corrected chi connectivity index (χ3v) is 4.77. The highest BCUT2D eigenvalue weighted by Crippen LogP contribution is 2.22. The predicted octanol–water partition coefficient (Wildman–Crippen LogP) is 1.48. The van der Waals surface area contributed by atoms with Crippen LogP contribution in [0.5, 0.6) is 0 Å². The van der Waals surface area contributed by atoms with Crippen LogP contribution in [0.1, 0.15) is 16.2 Å². The van der Waals surface area contributed by atoms with Gasteiger partial charge in [0.15, 0.2) is 11.5 Å². The van der Waals surface area contributed by atoms with Crippen LogP contribution in [0.3, 0.4) is 0 Å². The molecule has 130 valence electrons. The van der Waals surface area contributed by atoms with E-state index >= 15 is 0 Å². The minimum Gasteiger partial charge on any atom is -0.344 e. The molecule has 0 radical (unpaired) electrons. The average molecular weight is 366 g/mol. The first-order valence-electron chi connectivity index (χ1n) is 7.82. The van der Waals surface area contributed by atoms with Crippen LogP contribution in [0, 0.1) is 0 Å². The molecule has 0 atom stereocenters. The summed E-state index contributed by atoms with van der Waals surface area (Å²) in [7, 11) is 1.60. The van der Waals surface area contributed by atoms with Gasteiger partial charge < -0.3 is 9.88 Å². The third-order valence-electron chi connectivity index (χ3n) is 3.88. The molecule has 1 amide bonds. The molecule has 0 aromatic carbocycles. The standard InChI is InChI=1S/C17H14N6O2S/c1-22-8-2-4-11(17(22)25)16(24)18-10-15-20-19-14-7-6-12(21-23(14)15)13-5-3-9-26-13/h2-9H,10H2,1H3,(H,18,24). The Labute approximate surface area is 151 Å². The fourth-order valence-electron chi connectivity index (χ4n) is 2.52. The van der Waals surface area contributed by atoms with Crippen LogP contribution in [0.15, 0.2) is 52.8 Å². The maximum Gasteiger partial charge on any atom is 0.263 e. The summed E-state index contributed by atoms with van der Waals surface area (Å²) >= 11 is 1.59. The second-order valence-electron chi connectivity index (χ2n) is 5.60. The SMILES string of the molecule is Cn1cccc(C(=O)NCc2nnc3ccc(-c4cccs4)nn23)c1=O. The van der Waals surface area contributed by atoms with E-state index in [0.717, 1.165) is 10.6 Å². The molecule has 0 aliphatic heterocycles. The van der Waals surface area contributed by atoms with Crippen LogP contribution >= 0.6 is 11.3 Å². The van der Waals surface area contributed by atoms with Gasteiger partial charge in [-0.3, -0.25) is 9.59 Å². The zero-order valence-electron chi connectivity index (χ0n) is 13.8. The van der Waals surface area contributed by atoms with Gasteiger partial charge in [-0.1, -0.05) is 6.07 Å². The highest BCUT2D eigenvalue weighted by Gasteiger charge is 2.14. The molecule has 0 unspecified atom stereocenters. The quantitative estimate of drug-likeness (QED) is 0.590. The molecule has 0 spiro atoms. The second-order valence-corrected chi connectivity index (χ2v) is 6.55. The maximum atomic E-state index is 12.3. The number of nitrogens with zero attached hydrogens (tertiary/aromatic N) is 5. The van der Waals surface area contributed by atoms with E-state index in [-0.39, 0.29) is 17.7 Å². The van der Waals surface area contributed by atoms with E-state index in [1.807, 2.05) is 29.6 Å². The molecule has 26 heavy (non-hydrogen) atoms. The van der Waals surface area contributed by atoms with Crippen molar-refractivity contribution >= 4 is 22.9 Å². The largest absolute Gasteiger partial charge is 0.344 e. The first-order chi connectivity index (χ1) is 12.6. The maximum absolute atomic E-state index is 12.3. The Morgan fingerprint density at radius 1 is 1.19 bits per heavy atom. The molecule has 0 saturated carbocycles. The van der Waals surface area contributed by atoms with Crippen LogP contribution in [0.4, 0.5) is 0 Å². The summed E-state index contributed by atoms with van der Waals surface area (Å²) in [5.74, 6) is 0.0249. The summed E-state index contributed by atoms with van der Waals surface area (Å²) < 4.78 is 2.95. The lowest BCUT2D eigenvalue weighted by atomic mass is 10.2. The number of carbonyl (C=O) groups excluding carboxylic acids is 1. The van der Waals surface area contributed by atoms with E-state index in [0.29, 0.717) is 11.5 Å². The van der Waals surface area contributed by atoms with E-state index in [4.69, 9.17) is 0 Å². The number of hydrogen-bond acceptors (Lipinski definition) is 6. The van der Waals surface area contributed by atoms with E-state index < -0.39 is 5.91 Å². The molecule has 0 aliphatic carbocycles. The minimum atomic E-state index is -0.461. The van der Waals surface area contributed by atoms with Gasteiger partial charge in [-0.25, -0.2) is 0 Å². The average Bonchev–Trinajstić information content (AvgIpc) is 3.31. The van der Waals surface area contributed by atoms with Crippen LogP contribution in [-0.4, -0.2) is 30.3 Å². The molecule has 4 rings (SSSR count). The van der Waals surface area contributed by atoms with Gasteiger partial charge in [0, 0.05) is 13.2 Å². The number of aryl methyl sites for hydroxylation is 1. The van der Waals surface area contributed by atoms with Crippen LogP contribution < -0.4 is 10.9 Å². The molecule has 4 aromatic rings. The molecule has 4 aromatic heterocycles. The molecule has 0 saturated heterocycles. The lowest BCUT2D eigenvalue weighted by molar-refractivity contribution is 0.0947. The number of pyridine rings is 1. The fraction of sp³-hybridized carbons (Fsp3) is 0.118. The normalized spacial score (nSPS) is 11.0. The van der Waals surface area contributed by atoms with Crippen LogP contribution in [0.25, 0.3) is 16.2 Å². The van der Waals surface area contributed by atoms with Crippen LogP contribution in [-0.2, 0) is 13.6 Å². The molecule has 0 fully saturated rings. The summed E-state index contributed by atoms with van der Waals surface area (Å²) in [5.41, 5.74) is 1.12. The number of nitrogens with one attached hydrogen (secondary N) is 1. The van der Waals surface area contributed by atoms with E-state index in [1.54, 1.807) is 35.2 Å². The van der Waals surface area contributed by atoms with Crippen molar-refractivity contribution < 1.29 is 4.79 Å². The minimum absolute atomic E-state index is 0.0797. The monoisotopic (exact) mass is 366 g/mol. The van der Waals surface area contributed by atoms with E-state index in [9.17, 15) is 9.59 Å². The Hall–Kier alpha value is -3.33. The van der Waals surface area contributed by atoms with Gasteiger partial charge >= 0.3 is 0 Å². The van der Waals surface area contributed by atoms with Crippen molar-refractivity contribution in [3.63, 3.8) is 0 Å². The van der Waals surface area contributed by atoms with Crippen molar-refractivity contribution in [2.24, 2.45) is 7.05 Å². The Kier molecular flexibility index (Phi) is 4.05. The van der Waals surface area contributed by atoms with Crippen molar-refractivity contribution in [3.8, 4) is 10.6 Å². The number of rotatable bonds is 4. The Morgan fingerprint density at radius 2 is 2.08 bits per heavy atom. The zero-order valence-corrected chi connectivity index (χ0v) is 14.6. The smallest absolute Gasteiger partial charge is 0.263 e. The number of amides is 1. The van der Waals surface area contributed by atoms with Gasteiger partial charge in [-0.15, -0.1) is 21.5 Å². The highest BCUT2D eigenvalue weighted by molar-refractivity contribution is 7.13. The number of thiophene rings is 1. The molecule has 1 N–H and O–H groups in total. The van der Waals surface area contributed by atoms with Crippen molar-refractivity contribution in [2.75, 3.05) is 0 Å². The zero-order chi connectivity index (χ0) is 18.1. The summed E-state index contributed by atoms with van der Waals surface area (Å²) in [6.07, 6.45) is 1.60. The number of hydrogen-bond donors (Lipinski definition) is 1. The molecular formula is C17H14N6O2S. The van der Waals surface area contributed by atoms with Crippen molar-refractivity contribution in [1.29, 1.82) is 0 Å². The van der Waals surface area contributed by atoms with Gasteiger partial charge in [0.25, 0.3) is 11.5 Å². The van der Waals surface area contributed by atoms with Gasteiger partial charge in [-0.2, -0.15) is 9.61 Å². The number of fused-ring (bicyclic) bond motifs is 1. The fourth-order valence-corrected chi connectivity index (χ4v) is 3.21. The first kappa shape index (κ1) is 16.2. The summed E-state index contributed by atoms with van der Waals surface area (Å²) in [4.78, 5) is 25.4. The Bertz CT molecular complexity index is 1150. The van der Waals surface area contributed by atoms with E-state index in [2.05, 4.69) is 20.6 Å². The number of carbonyl (C=O) groups is 1. The van der Waals surface area contributed by atoms with Gasteiger partial charge in [0.05, 0.1) is 11.4 Å². The summed E-state index contributed by atoms with van der Waals surface area (Å²) in [6.45, 7) is 0.110. The highest BCUT2D eigenvalue weighted by atomic mass is 32.1. The molecular weight excluding hydrogens is 352 g/mol. The third kappa shape index (κ3) is 2.88. The lowest BCUT2D eigenvalue weighted by Gasteiger charge is -2.05. The Balaban J connectivity index is 1.59. The topological polar surface area (TPSA) is 94.2 Å². The van der Waals surface area contributed by atoms with Crippen LogP contribution in [0.2, 0.25) is 0 Å². The molecule has 0 aliphatic rings. The summed E-state index contributed by atoms with van der Waals surface area (Å²) in [5, 5.41) is 17.4. The molecule has 9 heteroatoms. The lowest BCUT2D eigenvalue weighted by Crippen LogP contribution is -2.32. The second kappa shape index (κ2) is 6.52. The van der Waals surface area contributed by atoms with E-state index in [1.165, 1.54) is 10.6 Å². The summed E-state index contributed by atoms with van der Waals surface area (Å²) in [6, 6.07) is 10.8.